The molecule has 1 aliphatic rings. The van der Waals surface area contributed by atoms with Crippen molar-refractivity contribution in [2.24, 2.45) is 17.6 Å². The second-order valence-electron chi connectivity index (χ2n) is 6.85. The molecule has 1 aromatic carbocycles. The first-order valence-corrected chi connectivity index (χ1v) is 8.93. The predicted octanol–water partition coefficient (Wildman–Crippen LogP) is 3.30. The molecule has 0 heterocycles. The summed E-state index contributed by atoms with van der Waals surface area (Å²) in [5.41, 5.74) is 5.39. The highest BCUT2D eigenvalue weighted by atomic mass is 35.5. The molecule has 1 saturated carbocycles. The molecule has 0 aromatic heterocycles. The zero-order chi connectivity index (χ0) is 18.6. The van der Waals surface area contributed by atoms with E-state index >= 15 is 0 Å². The van der Waals surface area contributed by atoms with Gasteiger partial charge in [-0.2, -0.15) is 0 Å². The van der Waals surface area contributed by atoms with Crippen LogP contribution in [0.4, 0.5) is 9.18 Å². The summed E-state index contributed by atoms with van der Waals surface area (Å²) in [6.07, 6.45) is 3.11. The molecular weight excluding hydrogens is 345 g/mol. The third-order valence-electron chi connectivity index (χ3n) is 5.17. The number of primary amides is 1. The molecule has 5 nitrogen and oxygen atoms in total. The average molecular weight is 370 g/mol. The van der Waals surface area contributed by atoms with Crippen LogP contribution in [0.5, 0.6) is 0 Å². The van der Waals surface area contributed by atoms with Gasteiger partial charge in [0.05, 0.1) is 6.54 Å². The molecule has 1 aliphatic carbocycles. The van der Waals surface area contributed by atoms with E-state index in [1.807, 2.05) is 4.90 Å². The number of carbonyl (C=O) groups is 2. The number of hydrogen-bond donors (Lipinski definition) is 2. The molecule has 0 radical (unpaired) electrons. The Labute approximate surface area is 152 Å². The van der Waals surface area contributed by atoms with Crippen molar-refractivity contribution in [3.05, 3.63) is 34.6 Å². The quantitative estimate of drug-likeness (QED) is 0.836. The van der Waals surface area contributed by atoms with Gasteiger partial charge in [-0.15, -0.1) is 0 Å². The van der Waals surface area contributed by atoms with E-state index in [9.17, 15) is 14.0 Å². The van der Waals surface area contributed by atoms with E-state index < -0.39 is 17.8 Å². The summed E-state index contributed by atoms with van der Waals surface area (Å²) in [6.45, 7) is 4.51. The van der Waals surface area contributed by atoms with Gasteiger partial charge >= 0.3 is 6.03 Å². The molecule has 138 valence electrons. The first-order valence-electron chi connectivity index (χ1n) is 8.55. The topological polar surface area (TPSA) is 75.4 Å². The van der Waals surface area contributed by atoms with Gasteiger partial charge in [-0.05, 0) is 30.4 Å². The zero-order valence-corrected chi connectivity index (χ0v) is 15.4. The molecule has 0 unspecified atom stereocenters. The van der Waals surface area contributed by atoms with Crippen molar-refractivity contribution in [3.63, 3.8) is 0 Å². The highest BCUT2D eigenvalue weighted by molar-refractivity contribution is 6.31. The van der Waals surface area contributed by atoms with E-state index in [-0.39, 0.29) is 19.1 Å². The summed E-state index contributed by atoms with van der Waals surface area (Å²) in [6, 6.07) is 3.76. The molecule has 3 N–H and O–H groups in total. The number of hydrogen-bond acceptors (Lipinski definition) is 3. The average Bonchev–Trinajstić information content (AvgIpc) is 2.52. The lowest BCUT2D eigenvalue weighted by Crippen LogP contribution is -2.49. The van der Waals surface area contributed by atoms with Crippen LogP contribution in [-0.2, 0) is 11.3 Å². The van der Waals surface area contributed by atoms with Crippen molar-refractivity contribution >= 4 is 23.5 Å². The summed E-state index contributed by atoms with van der Waals surface area (Å²) in [5.74, 6) is -0.0353. The van der Waals surface area contributed by atoms with Crippen LogP contribution in [0.15, 0.2) is 18.2 Å². The van der Waals surface area contributed by atoms with E-state index in [1.54, 1.807) is 12.1 Å². The van der Waals surface area contributed by atoms with Crippen molar-refractivity contribution < 1.29 is 14.0 Å². The minimum atomic E-state index is -0.890. The first-order chi connectivity index (χ1) is 11.8. The van der Waals surface area contributed by atoms with Crippen molar-refractivity contribution in [1.82, 2.24) is 10.2 Å². The number of nitrogens with zero attached hydrogens (tertiary/aromatic N) is 1. The maximum Gasteiger partial charge on any atom is 0.318 e. The van der Waals surface area contributed by atoms with Gasteiger partial charge in [0, 0.05) is 23.2 Å². The van der Waals surface area contributed by atoms with E-state index in [1.165, 1.54) is 6.07 Å². The van der Waals surface area contributed by atoms with Gasteiger partial charge in [-0.1, -0.05) is 44.4 Å². The maximum atomic E-state index is 14.2. The van der Waals surface area contributed by atoms with Crippen LogP contribution in [0, 0.1) is 17.7 Å². The number of amides is 3. The Morgan fingerprint density at radius 2 is 2.08 bits per heavy atom. The lowest BCUT2D eigenvalue weighted by molar-refractivity contribution is -0.122. The Bertz CT molecular complexity index is 620. The Hall–Kier alpha value is -1.66. The normalized spacial score (nSPS) is 23.5. The molecular formula is C18H25ClFN3O2. The van der Waals surface area contributed by atoms with E-state index in [2.05, 4.69) is 19.2 Å². The summed E-state index contributed by atoms with van der Waals surface area (Å²) < 4.78 is 14.2. The Kier molecular flexibility index (Phi) is 6.79. The van der Waals surface area contributed by atoms with Gasteiger partial charge in [-0.25, -0.2) is 9.18 Å². The highest BCUT2D eigenvalue weighted by Crippen LogP contribution is 2.34. The minimum absolute atomic E-state index is 0.0324. The van der Waals surface area contributed by atoms with Crippen LogP contribution in [0.3, 0.4) is 0 Å². The Balaban J connectivity index is 2.25. The fourth-order valence-electron chi connectivity index (χ4n) is 3.61. The van der Waals surface area contributed by atoms with Crippen LogP contribution in [0.1, 0.15) is 38.7 Å². The molecule has 1 aromatic rings. The minimum Gasteiger partial charge on any atom is -0.351 e. The maximum absolute atomic E-state index is 14.2. The van der Waals surface area contributed by atoms with Crippen molar-refractivity contribution in [1.29, 1.82) is 0 Å². The molecule has 0 bridgehead atoms. The lowest BCUT2D eigenvalue weighted by Gasteiger charge is -2.41. The van der Waals surface area contributed by atoms with Crippen LogP contribution in [0.25, 0.3) is 0 Å². The SMILES string of the molecule is C[C@@H]1[C@H](C)CCC[C@@H]1N(CC(=O)NC(N)=O)Cc1c(F)cccc1Cl. The monoisotopic (exact) mass is 369 g/mol. The van der Waals surface area contributed by atoms with E-state index in [0.717, 1.165) is 19.3 Å². The van der Waals surface area contributed by atoms with Crippen molar-refractivity contribution in [2.45, 2.75) is 45.7 Å². The fraction of sp³-hybridized carbons (Fsp3) is 0.556. The zero-order valence-electron chi connectivity index (χ0n) is 14.6. The number of halogens is 2. The fourth-order valence-corrected chi connectivity index (χ4v) is 3.83. The molecule has 25 heavy (non-hydrogen) atoms. The predicted molar refractivity (Wildman–Crippen MR) is 95.5 cm³/mol. The second kappa shape index (κ2) is 8.63. The molecule has 0 saturated heterocycles. The Morgan fingerprint density at radius 3 is 2.72 bits per heavy atom. The molecule has 0 spiro atoms. The number of urea groups is 1. The second-order valence-corrected chi connectivity index (χ2v) is 7.26. The van der Waals surface area contributed by atoms with Gasteiger partial charge in [0.1, 0.15) is 5.82 Å². The van der Waals surface area contributed by atoms with Crippen LogP contribution in [0.2, 0.25) is 5.02 Å². The number of nitrogens with one attached hydrogen (secondary N) is 1. The van der Waals surface area contributed by atoms with E-state index in [4.69, 9.17) is 17.3 Å². The highest BCUT2D eigenvalue weighted by Gasteiger charge is 2.33. The Morgan fingerprint density at radius 1 is 1.36 bits per heavy atom. The third kappa shape index (κ3) is 5.16. The molecule has 0 aliphatic heterocycles. The first kappa shape index (κ1) is 19.7. The summed E-state index contributed by atoms with van der Waals surface area (Å²) >= 11 is 6.16. The number of nitrogens with two attached hydrogens (primary N) is 1. The summed E-state index contributed by atoms with van der Waals surface area (Å²) in [7, 11) is 0. The standard InChI is InChI=1S/C18H25ClFN3O2/c1-11-5-3-8-16(12(11)2)23(10-17(24)22-18(21)25)9-13-14(19)6-4-7-15(13)20/h4,6-7,11-12,16H,3,5,8-10H2,1-2H3,(H3,21,22,24,25)/t11-,12-,16+/m1/s1. The van der Waals surface area contributed by atoms with Gasteiger partial charge in [0.15, 0.2) is 0 Å². The number of benzene rings is 1. The van der Waals surface area contributed by atoms with Crippen molar-refractivity contribution in [2.75, 3.05) is 6.54 Å². The molecule has 7 heteroatoms. The van der Waals surface area contributed by atoms with Gasteiger partial charge in [-0.3, -0.25) is 15.0 Å². The van der Waals surface area contributed by atoms with Gasteiger partial charge in [0.25, 0.3) is 0 Å². The molecule has 3 atom stereocenters. The summed E-state index contributed by atoms with van der Waals surface area (Å²) in [4.78, 5) is 24.9. The molecule has 1 fully saturated rings. The lowest BCUT2D eigenvalue weighted by atomic mass is 9.77. The van der Waals surface area contributed by atoms with Gasteiger partial charge in [0.2, 0.25) is 5.91 Å². The van der Waals surface area contributed by atoms with Crippen molar-refractivity contribution in [3.8, 4) is 0 Å². The smallest absolute Gasteiger partial charge is 0.318 e. The largest absolute Gasteiger partial charge is 0.351 e. The van der Waals surface area contributed by atoms with E-state index in [0.29, 0.717) is 22.4 Å². The molecule has 2 rings (SSSR count). The number of carbonyl (C=O) groups excluding carboxylic acids is 2. The van der Waals surface area contributed by atoms with Crippen LogP contribution in [-0.4, -0.2) is 29.4 Å². The molecule has 3 amide bonds. The number of rotatable bonds is 5. The summed E-state index contributed by atoms with van der Waals surface area (Å²) in [5, 5.41) is 2.42. The van der Waals surface area contributed by atoms with Crippen LogP contribution >= 0.6 is 11.6 Å². The third-order valence-corrected chi connectivity index (χ3v) is 5.52. The van der Waals surface area contributed by atoms with Gasteiger partial charge < -0.3 is 5.73 Å². The van der Waals surface area contributed by atoms with Crippen LogP contribution < -0.4 is 11.1 Å². The number of imide groups is 1.